The molecule has 2 aromatic carbocycles. The van der Waals surface area contributed by atoms with Crippen LogP contribution in [0.5, 0.6) is 0 Å². The topological polar surface area (TPSA) is 106 Å². The normalized spacial score (nSPS) is 15.1. The molecule has 10 heteroatoms. The van der Waals surface area contributed by atoms with Crippen molar-refractivity contribution in [1.29, 1.82) is 0 Å². The molecule has 33 heavy (non-hydrogen) atoms. The molecule has 4 rings (SSSR count). The highest BCUT2D eigenvalue weighted by Gasteiger charge is 2.37. The maximum absolute atomic E-state index is 13.0. The minimum Gasteiger partial charge on any atom is -0.465 e. The second-order valence-electron chi connectivity index (χ2n) is 6.82. The van der Waals surface area contributed by atoms with Crippen molar-refractivity contribution in [2.24, 2.45) is 0 Å². The van der Waals surface area contributed by atoms with Gasteiger partial charge in [0.05, 0.1) is 23.4 Å². The van der Waals surface area contributed by atoms with Gasteiger partial charge in [-0.3, -0.25) is 14.9 Å². The Morgan fingerprint density at radius 3 is 2.45 bits per heavy atom. The summed E-state index contributed by atoms with van der Waals surface area (Å²) in [5, 5.41) is 2.99. The van der Waals surface area contributed by atoms with Crippen LogP contribution in [0.1, 0.15) is 16.1 Å². The average molecular weight is 485 g/mol. The maximum Gasteiger partial charge on any atom is 0.337 e. The van der Waals surface area contributed by atoms with Gasteiger partial charge in [-0.15, -0.1) is 0 Å². The van der Waals surface area contributed by atoms with Gasteiger partial charge in [0, 0.05) is 10.6 Å². The fourth-order valence-corrected chi connectivity index (χ4v) is 3.54. The zero-order valence-electron chi connectivity index (χ0n) is 16.9. The number of carbonyl (C=O) groups excluding carboxylic acids is 4. The molecule has 2 heterocycles. The third-order valence-corrected chi connectivity index (χ3v) is 5.32. The summed E-state index contributed by atoms with van der Waals surface area (Å²) in [5.41, 5.74) is 0.621. The highest BCUT2D eigenvalue weighted by molar-refractivity contribution is 6.39. The van der Waals surface area contributed by atoms with Crippen LogP contribution < -0.4 is 10.2 Å². The Bertz CT molecular complexity index is 1330. The van der Waals surface area contributed by atoms with Crippen LogP contribution in [0, 0.1) is 0 Å². The van der Waals surface area contributed by atoms with E-state index >= 15 is 0 Å². The number of benzene rings is 2. The summed E-state index contributed by atoms with van der Waals surface area (Å²) in [5.74, 6) is -1.72. The van der Waals surface area contributed by atoms with Gasteiger partial charge in [-0.1, -0.05) is 23.2 Å². The molecule has 1 aliphatic heterocycles. The predicted octanol–water partition coefficient (Wildman–Crippen LogP) is 4.71. The van der Waals surface area contributed by atoms with E-state index in [0.717, 1.165) is 4.90 Å². The number of rotatable bonds is 4. The quantitative estimate of drug-likeness (QED) is 0.326. The number of furan rings is 1. The first kappa shape index (κ1) is 22.3. The summed E-state index contributed by atoms with van der Waals surface area (Å²) in [6.45, 7) is 0. The summed E-state index contributed by atoms with van der Waals surface area (Å²) in [7, 11) is 1.24. The van der Waals surface area contributed by atoms with Crippen LogP contribution in [0.3, 0.4) is 0 Å². The van der Waals surface area contributed by atoms with Crippen molar-refractivity contribution in [3.63, 3.8) is 0 Å². The molecule has 8 nitrogen and oxygen atoms in total. The van der Waals surface area contributed by atoms with E-state index in [1.54, 1.807) is 30.3 Å². The molecule has 1 N–H and O–H groups in total. The van der Waals surface area contributed by atoms with Crippen LogP contribution >= 0.6 is 23.2 Å². The molecule has 0 bridgehead atoms. The van der Waals surface area contributed by atoms with Gasteiger partial charge in [0.25, 0.3) is 11.8 Å². The minimum absolute atomic E-state index is 0.161. The summed E-state index contributed by atoms with van der Waals surface area (Å²) in [6, 6.07) is 12.7. The van der Waals surface area contributed by atoms with Gasteiger partial charge < -0.3 is 9.15 Å². The van der Waals surface area contributed by atoms with Crippen molar-refractivity contribution < 1.29 is 28.3 Å². The van der Waals surface area contributed by atoms with Crippen LogP contribution in [0.4, 0.5) is 10.5 Å². The molecular formula is C23H14Cl2N2O6. The van der Waals surface area contributed by atoms with E-state index < -0.39 is 23.8 Å². The van der Waals surface area contributed by atoms with Crippen molar-refractivity contribution >= 4 is 58.8 Å². The molecule has 166 valence electrons. The van der Waals surface area contributed by atoms with Gasteiger partial charge >= 0.3 is 12.0 Å². The molecule has 4 amide bonds. The second kappa shape index (κ2) is 8.93. The van der Waals surface area contributed by atoms with Gasteiger partial charge in [-0.25, -0.2) is 14.5 Å². The number of nitrogens with zero attached hydrogens (tertiary/aromatic N) is 1. The second-order valence-corrected chi connectivity index (χ2v) is 7.67. The van der Waals surface area contributed by atoms with Gasteiger partial charge in [-0.05, 0) is 60.7 Å². The number of methoxy groups -OCH3 is 1. The molecule has 1 saturated heterocycles. The number of carbonyl (C=O) groups is 4. The third kappa shape index (κ3) is 4.39. The van der Waals surface area contributed by atoms with Crippen LogP contribution in [0.25, 0.3) is 17.4 Å². The molecular weight excluding hydrogens is 471 g/mol. The van der Waals surface area contributed by atoms with Crippen molar-refractivity contribution in [3.8, 4) is 11.3 Å². The molecule has 1 aromatic heterocycles. The lowest BCUT2D eigenvalue weighted by molar-refractivity contribution is -0.122. The summed E-state index contributed by atoms with van der Waals surface area (Å²) >= 11 is 12.2. The van der Waals surface area contributed by atoms with Gasteiger partial charge in [-0.2, -0.15) is 0 Å². The molecule has 1 aliphatic rings. The first-order valence-corrected chi connectivity index (χ1v) is 10.2. The van der Waals surface area contributed by atoms with Crippen molar-refractivity contribution in [3.05, 3.63) is 81.5 Å². The number of barbiturate groups is 1. The molecule has 0 aliphatic carbocycles. The number of amides is 4. The number of esters is 1. The SMILES string of the molecule is COC(=O)c1ccc(N2C(=O)NC(=O)/C(=C/c3ccc(-c4cc(Cl)ccc4Cl)o3)C2=O)cc1. The number of anilines is 1. The van der Waals surface area contributed by atoms with E-state index in [0.29, 0.717) is 21.4 Å². The number of urea groups is 1. The van der Waals surface area contributed by atoms with Crippen LogP contribution in [-0.2, 0) is 14.3 Å². The fourth-order valence-electron chi connectivity index (χ4n) is 3.16. The summed E-state index contributed by atoms with van der Waals surface area (Å²) < 4.78 is 10.4. The van der Waals surface area contributed by atoms with E-state index in [4.69, 9.17) is 27.6 Å². The lowest BCUT2D eigenvalue weighted by Crippen LogP contribution is -2.54. The number of halogens is 2. The molecule has 0 unspecified atom stereocenters. The molecule has 1 fully saturated rings. The molecule has 0 spiro atoms. The number of imide groups is 2. The standard InChI is InChI=1S/C23H14Cl2N2O6/c1-32-22(30)12-2-5-14(6-3-12)27-21(29)17(20(28)26-23(27)31)11-15-7-9-19(33-15)16-10-13(24)4-8-18(16)25/h2-11H,1H3,(H,26,28,31)/b17-11-. The molecule has 0 radical (unpaired) electrons. The molecule has 3 aromatic rings. The number of ether oxygens (including phenoxy) is 1. The van der Waals surface area contributed by atoms with E-state index in [-0.39, 0.29) is 22.6 Å². The van der Waals surface area contributed by atoms with Crippen molar-refractivity contribution in [2.75, 3.05) is 12.0 Å². The monoisotopic (exact) mass is 484 g/mol. The first-order chi connectivity index (χ1) is 15.8. The summed E-state index contributed by atoms with van der Waals surface area (Å²) in [4.78, 5) is 50.1. The van der Waals surface area contributed by atoms with E-state index in [9.17, 15) is 19.2 Å². The maximum atomic E-state index is 13.0. The van der Waals surface area contributed by atoms with Gasteiger partial charge in [0.1, 0.15) is 17.1 Å². The van der Waals surface area contributed by atoms with Crippen LogP contribution in [0.15, 0.2) is 64.6 Å². The van der Waals surface area contributed by atoms with Gasteiger partial charge in [0.2, 0.25) is 0 Å². The highest BCUT2D eigenvalue weighted by Crippen LogP contribution is 2.32. The van der Waals surface area contributed by atoms with Crippen molar-refractivity contribution in [2.45, 2.75) is 0 Å². The largest absolute Gasteiger partial charge is 0.465 e. The molecule has 0 saturated carbocycles. The number of hydrogen-bond donors (Lipinski definition) is 1. The van der Waals surface area contributed by atoms with Gasteiger partial charge in [0.15, 0.2) is 0 Å². The lowest BCUT2D eigenvalue weighted by atomic mass is 10.1. The Morgan fingerprint density at radius 1 is 1.03 bits per heavy atom. The first-order valence-electron chi connectivity index (χ1n) is 9.43. The Balaban J connectivity index is 1.65. The Kier molecular flexibility index (Phi) is 6.04. The van der Waals surface area contributed by atoms with E-state index in [2.05, 4.69) is 10.1 Å². The third-order valence-electron chi connectivity index (χ3n) is 4.76. The van der Waals surface area contributed by atoms with E-state index in [1.165, 1.54) is 37.5 Å². The Labute approximate surface area is 197 Å². The van der Waals surface area contributed by atoms with Crippen LogP contribution in [-0.4, -0.2) is 30.9 Å². The molecule has 0 atom stereocenters. The zero-order valence-corrected chi connectivity index (χ0v) is 18.4. The number of nitrogens with one attached hydrogen (secondary N) is 1. The predicted molar refractivity (Wildman–Crippen MR) is 121 cm³/mol. The van der Waals surface area contributed by atoms with Crippen LogP contribution in [0.2, 0.25) is 10.0 Å². The van der Waals surface area contributed by atoms with E-state index in [1.807, 2.05) is 0 Å². The Hall–Kier alpha value is -3.88. The lowest BCUT2D eigenvalue weighted by Gasteiger charge is -2.26. The zero-order chi connectivity index (χ0) is 23.7. The Morgan fingerprint density at radius 2 is 1.76 bits per heavy atom. The minimum atomic E-state index is -0.918. The highest BCUT2D eigenvalue weighted by atomic mass is 35.5. The number of hydrogen-bond acceptors (Lipinski definition) is 6. The fraction of sp³-hybridized carbons (Fsp3) is 0.0435. The smallest absolute Gasteiger partial charge is 0.337 e. The average Bonchev–Trinajstić information content (AvgIpc) is 3.26. The summed E-state index contributed by atoms with van der Waals surface area (Å²) in [6.07, 6.45) is 1.22. The van der Waals surface area contributed by atoms with Crippen molar-refractivity contribution in [1.82, 2.24) is 5.32 Å².